The Labute approximate surface area is 57.1 Å². The molecule has 0 unspecified atom stereocenters. The van der Waals surface area contributed by atoms with Crippen LogP contribution in [0.25, 0.3) is 0 Å². The summed E-state index contributed by atoms with van der Waals surface area (Å²) < 4.78 is 14.2. The van der Waals surface area contributed by atoms with Crippen LogP contribution in [0.15, 0.2) is 0 Å². The second kappa shape index (κ2) is 5.72. The number of Topliss-reactive ketones (excluding diaryl/α,β-unsaturated/α-hetero) is 1. The van der Waals surface area contributed by atoms with E-state index in [0.29, 0.717) is 0 Å². The van der Waals surface area contributed by atoms with Crippen LogP contribution in [0, 0.1) is 0 Å². The maximum Gasteiger partial charge on any atom is 0.158 e. The molecule has 0 bridgehead atoms. The number of aliphatic hydroxyl groups is 2. The number of carbonyl (C=O) groups is 1. The summed E-state index contributed by atoms with van der Waals surface area (Å²) in [5.74, 6) is -0.828. The molecular weight excluding hydrogens is 120 g/mol. The van der Waals surface area contributed by atoms with Crippen molar-refractivity contribution in [2.75, 3.05) is 13.2 Å². The zero-order chi connectivity index (χ0) is 8.91. The number of hydrogen-bond acceptors (Lipinski definition) is 3. The van der Waals surface area contributed by atoms with E-state index in [9.17, 15) is 4.79 Å². The van der Waals surface area contributed by atoms with E-state index in [0.717, 1.165) is 0 Å². The van der Waals surface area contributed by atoms with Crippen molar-refractivity contribution in [2.45, 2.75) is 19.2 Å². The van der Waals surface area contributed by atoms with Crippen molar-refractivity contribution in [1.29, 1.82) is 0 Å². The third-order valence-corrected chi connectivity index (χ3v) is 0.801. The standard InChI is InChI=1S/C6H12O3/c7-4-2-1-3-6(9)5-8/h7-8H,1-5H2/i3D2. The fourth-order valence-electron chi connectivity index (χ4n) is 0.363. The Balaban J connectivity index is 3.88. The number of aliphatic hydroxyl groups excluding tert-OH is 2. The van der Waals surface area contributed by atoms with Crippen molar-refractivity contribution in [1.82, 2.24) is 0 Å². The third kappa shape index (κ3) is 5.46. The lowest BCUT2D eigenvalue weighted by Gasteiger charge is -1.93. The van der Waals surface area contributed by atoms with Crippen molar-refractivity contribution in [2.24, 2.45) is 0 Å². The molecule has 2 N–H and O–H groups in total. The van der Waals surface area contributed by atoms with E-state index in [-0.39, 0.29) is 19.4 Å². The highest BCUT2D eigenvalue weighted by Gasteiger charge is 1.96. The zero-order valence-electron chi connectivity index (χ0n) is 7.13. The average molecular weight is 134 g/mol. The first-order valence-corrected chi connectivity index (χ1v) is 2.79. The van der Waals surface area contributed by atoms with Crippen molar-refractivity contribution in [3.63, 3.8) is 0 Å². The number of ketones is 1. The highest BCUT2D eigenvalue weighted by atomic mass is 16.3. The second-order valence-corrected chi connectivity index (χ2v) is 1.59. The molecule has 0 aliphatic heterocycles. The quantitative estimate of drug-likeness (QED) is 0.543. The first-order valence-electron chi connectivity index (χ1n) is 3.79. The van der Waals surface area contributed by atoms with Gasteiger partial charge in [-0.2, -0.15) is 0 Å². The Morgan fingerprint density at radius 3 is 2.56 bits per heavy atom. The maximum atomic E-state index is 10.6. The van der Waals surface area contributed by atoms with E-state index in [1.54, 1.807) is 0 Å². The molecule has 0 spiro atoms. The number of hydrogen-bond donors (Lipinski definition) is 2. The minimum absolute atomic E-state index is 0.0388. The summed E-state index contributed by atoms with van der Waals surface area (Å²) in [4.78, 5) is 10.6. The summed E-state index contributed by atoms with van der Waals surface area (Å²) in [5, 5.41) is 16.7. The topological polar surface area (TPSA) is 57.5 Å². The van der Waals surface area contributed by atoms with Crippen LogP contribution in [0.3, 0.4) is 0 Å². The molecule has 0 aliphatic rings. The molecule has 0 saturated heterocycles. The largest absolute Gasteiger partial charge is 0.396 e. The highest BCUT2D eigenvalue weighted by Crippen LogP contribution is 1.93. The van der Waals surface area contributed by atoms with Gasteiger partial charge in [0.2, 0.25) is 0 Å². The van der Waals surface area contributed by atoms with Crippen molar-refractivity contribution < 1.29 is 17.7 Å². The lowest BCUT2D eigenvalue weighted by Crippen LogP contribution is -2.02. The first-order chi connectivity index (χ1) is 5.04. The van der Waals surface area contributed by atoms with Gasteiger partial charge in [-0.15, -0.1) is 0 Å². The first kappa shape index (κ1) is 5.38. The predicted molar refractivity (Wildman–Crippen MR) is 33.0 cm³/mol. The molecule has 0 radical (unpaired) electrons. The minimum atomic E-state index is -1.99. The SMILES string of the molecule is [2H]C([2H])(CCCO)C(=O)CO. The van der Waals surface area contributed by atoms with Crippen LogP contribution in [0.4, 0.5) is 0 Å². The van der Waals surface area contributed by atoms with E-state index in [1.807, 2.05) is 0 Å². The van der Waals surface area contributed by atoms with Gasteiger partial charge in [0.1, 0.15) is 6.61 Å². The van der Waals surface area contributed by atoms with E-state index >= 15 is 0 Å². The predicted octanol–water partition coefficient (Wildman–Crippen LogP) is -0.290. The van der Waals surface area contributed by atoms with Gasteiger partial charge in [-0.3, -0.25) is 4.79 Å². The molecule has 3 heteroatoms. The van der Waals surface area contributed by atoms with Crippen LogP contribution in [0.2, 0.25) is 0 Å². The van der Waals surface area contributed by atoms with Crippen molar-refractivity contribution in [3.8, 4) is 0 Å². The molecule has 0 aromatic rings. The van der Waals surface area contributed by atoms with Crippen LogP contribution in [-0.2, 0) is 4.79 Å². The molecule has 0 heterocycles. The van der Waals surface area contributed by atoms with Crippen LogP contribution >= 0.6 is 0 Å². The average Bonchev–Trinajstić information content (AvgIpc) is 1.99. The normalized spacial score (nSPS) is 14.4. The van der Waals surface area contributed by atoms with Crippen LogP contribution in [0.5, 0.6) is 0 Å². The second-order valence-electron chi connectivity index (χ2n) is 1.59. The number of rotatable bonds is 5. The monoisotopic (exact) mass is 134 g/mol. The van der Waals surface area contributed by atoms with Gasteiger partial charge in [0, 0.05) is 15.7 Å². The third-order valence-electron chi connectivity index (χ3n) is 0.801. The molecule has 0 amide bonds. The van der Waals surface area contributed by atoms with Crippen molar-refractivity contribution in [3.05, 3.63) is 0 Å². The fraction of sp³-hybridized carbons (Fsp3) is 0.833. The Bertz CT molecular complexity index is 136. The Kier molecular flexibility index (Phi) is 3.42. The summed E-state index contributed by atoms with van der Waals surface area (Å²) in [6.07, 6.45) is -1.79. The van der Waals surface area contributed by atoms with E-state index < -0.39 is 18.8 Å². The highest BCUT2D eigenvalue weighted by molar-refractivity contribution is 5.79. The molecule has 0 fully saturated rings. The van der Waals surface area contributed by atoms with Crippen LogP contribution in [0.1, 0.15) is 22.0 Å². The van der Waals surface area contributed by atoms with Crippen LogP contribution < -0.4 is 0 Å². The molecule has 0 rings (SSSR count). The Morgan fingerprint density at radius 2 is 2.11 bits per heavy atom. The smallest absolute Gasteiger partial charge is 0.158 e. The van der Waals surface area contributed by atoms with E-state index in [1.165, 1.54) is 0 Å². The van der Waals surface area contributed by atoms with E-state index in [4.69, 9.17) is 13.0 Å². The zero-order valence-corrected chi connectivity index (χ0v) is 5.13. The lowest BCUT2D eigenvalue weighted by atomic mass is 10.2. The summed E-state index contributed by atoms with van der Waals surface area (Å²) in [6.45, 7) is -0.920. The molecular formula is C6H12O3. The summed E-state index contributed by atoms with van der Waals surface area (Å²) in [7, 11) is 0. The summed E-state index contributed by atoms with van der Waals surface area (Å²) >= 11 is 0. The Hall–Kier alpha value is -0.410. The van der Waals surface area contributed by atoms with Gasteiger partial charge >= 0.3 is 0 Å². The molecule has 54 valence electrons. The molecule has 0 aliphatic carbocycles. The van der Waals surface area contributed by atoms with Crippen molar-refractivity contribution >= 4 is 5.78 Å². The van der Waals surface area contributed by atoms with Gasteiger partial charge in [0.25, 0.3) is 0 Å². The van der Waals surface area contributed by atoms with Gasteiger partial charge in [-0.25, -0.2) is 0 Å². The number of carbonyl (C=O) groups excluding carboxylic acids is 1. The Morgan fingerprint density at radius 1 is 1.44 bits per heavy atom. The van der Waals surface area contributed by atoms with Gasteiger partial charge < -0.3 is 10.2 Å². The van der Waals surface area contributed by atoms with Gasteiger partial charge in [0.15, 0.2) is 5.78 Å². The summed E-state index contributed by atoms with van der Waals surface area (Å²) in [6, 6.07) is 0. The molecule has 0 aromatic heterocycles. The minimum Gasteiger partial charge on any atom is -0.396 e. The van der Waals surface area contributed by atoms with E-state index in [2.05, 4.69) is 0 Å². The van der Waals surface area contributed by atoms with Crippen LogP contribution in [-0.4, -0.2) is 29.2 Å². The molecule has 3 nitrogen and oxygen atoms in total. The fourth-order valence-corrected chi connectivity index (χ4v) is 0.363. The molecule has 0 atom stereocenters. The molecule has 0 saturated carbocycles. The molecule has 0 aromatic carbocycles. The molecule has 9 heavy (non-hydrogen) atoms. The van der Waals surface area contributed by atoms with Gasteiger partial charge in [0.05, 0.1) is 0 Å². The summed E-state index contributed by atoms with van der Waals surface area (Å²) in [5.41, 5.74) is 0. The lowest BCUT2D eigenvalue weighted by molar-refractivity contribution is -0.121. The van der Waals surface area contributed by atoms with Gasteiger partial charge in [-0.05, 0) is 12.8 Å². The van der Waals surface area contributed by atoms with Gasteiger partial charge in [-0.1, -0.05) is 0 Å². The maximum absolute atomic E-state index is 10.6.